The van der Waals surface area contributed by atoms with Gasteiger partial charge in [-0.1, -0.05) is 6.42 Å². The summed E-state index contributed by atoms with van der Waals surface area (Å²) in [7, 11) is 0. The van der Waals surface area contributed by atoms with Crippen molar-refractivity contribution >= 4 is 5.84 Å². The number of likely N-dealkylation sites (tertiary alicyclic amines) is 2. The van der Waals surface area contributed by atoms with Crippen LogP contribution in [-0.2, 0) is 0 Å². The third-order valence-corrected chi connectivity index (χ3v) is 3.85. The Balaban J connectivity index is 1.79. The molecule has 2 fully saturated rings. The zero-order valence-electron chi connectivity index (χ0n) is 9.84. The van der Waals surface area contributed by atoms with Crippen molar-refractivity contribution in [3.8, 4) is 0 Å². The summed E-state index contributed by atoms with van der Waals surface area (Å²) in [4.78, 5) is 4.89. The molecule has 0 aromatic carbocycles. The summed E-state index contributed by atoms with van der Waals surface area (Å²) in [6, 6.07) is 0.806. The maximum Gasteiger partial charge on any atom is 0.0925 e. The highest BCUT2D eigenvalue weighted by molar-refractivity contribution is 5.76. The Hall–Kier alpha value is -0.570. The molecule has 1 N–H and O–H groups in total. The zero-order valence-corrected chi connectivity index (χ0v) is 9.84. The summed E-state index contributed by atoms with van der Waals surface area (Å²) >= 11 is 0. The van der Waals surface area contributed by atoms with Crippen LogP contribution in [0.3, 0.4) is 0 Å². The molecule has 0 radical (unpaired) electrons. The van der Waals surface area contributed by atoms with Gasteiger partial charge in [0.2, 0.25) is 0 Å². The summed E-state index contributed by atoms with van der Waals surface area (Å²) in [5.74, 6) is 0.743. The van der Waals surface area contributed by atoms with Crippen molar-refractivity contribution in [3.05, 3.63) is 0 Å². The van der Waals surface area contributed by atoms with E-state index in [4.69, 9.17) is 5.41 Å². The Morgan fingerprint density at radius 3 is 2.13 bits per heavy atom. The van der Waals surface area contributed by atoms with Crippen molar-refractivity contribution < 1.29 is 0 Å². The number of rotatable bonds is 1. The first-order valence-electron chi connectivity index (χ1n) is 6.31. The molecule has 0 aromatic rings. The number of hydrogen-bond donors (Lipinski definition) is 1. The molecule has 0 amide bonds. The lowest BCUT2D eigenvalue weighted by molar-refractivity contribution is 0.114. The molecular formula is C12H23N3. The molecule has 2 aliphatic heterocycles. The van der Waals surface area contributed by atoms with E-state index in [9.17, 15) is 0 Å². The van der Waals surface area contributed by atoms with Crippen LogP contribution in [0.1, 0.15) is 39.0 Å². The number of nitrogens with one attached hydrogen (secondary N) is 1. The molecule has 2 saturated heterocycles. The summed E-state index contributed by atoms with van der Waals surface area (Å²) in [5.41, 5.74) is 0. The van der Waals surface area contributed by atoms with Crippen LogP contribution >= 0.6 is 0 Å². The molecule has 2 rings (SSSR count). The van der Waals surface area contributed by atoms with Crippen molar-refractivity contribution in [2.24, 2.45) is 0 Å². The Bertz CT molecular complexity index is 213. The van der Waals surface area contributed by atoms with Gasteiger partial charge in [0.15, 0.2) is 0 Å². The van der Waals surface area contributed by atoms with Crippen molar-refractivity contribution in [2.75, 3.05) is 26.2 Å². The molecule has 0 aliphatic carbocycles. The first-order valence-corrected chi connectivity index (χ1v) is 6.31. The van der Waals surface area contributed by atoms with Gasteiger partial charge in [0.05, 0.1) is 5.84 Å². The van der Waals surface area contributed by atoms with E-state index < -0.39 is 0 Å². The van der Waals surface area contributed by atoms with Gasteiger partial charge in [-0.3, -0.25) is 5.41 Å². The van der Waals surface area contributed by atoms with Crippen LogP contribution in [0, 0.1) is 5.41 Å². The molecule has 0 unspecified atom stereocenters. The fraction of sp³-hybridized carbons (Fsp3) is 0.917. The third kappa shape index (κ3) is 2.71. The molecule has 0 bridgehead atoms. The summed E-state index contributed by atoms with van der Waals surface area (Å²) in [6.45, 7) is 6.72. The molecule has 2 aliphatic rings. The Morgan fingerprint density at radius 2 is 1.60 bits per heavy atom. The summed E-state index contributed by atoms with van der Waals surface area (Å²) < 4.78 is 0. The lowest BCUT2D eigenvalue weighted by Crippen LogP contribution is -2.47. The van der Waals surface area contributed by atoms with E-state index in [2.05, 4.69) is 9.80 Å². The highest BCUT2D eigenvalue weighted by Crippen LogP contribution is 2.20. The first kappa shape index (κ1) is 10.9. The maximum atomic E-state index is 7.61. The van der Waals surface area contributed by atoms with Gasteiger partial charge in [0, 0.05) is 19.1 Å². The average molecular weight is 209 g/mol. The molecule has 0 aromatic heterocycles. The predicted octanol–water partition coefficient (Wildman–Crippen LogP) is 1.93. The van der Waals surface area contributed by atoms with Crippen LogP contribution in [-0.4, -0.2) is 47.9 Å². The van der Waals surface area contributed by atoms with E-state index in [0.717, 1.165) is 25.0 Å². The van der Waals surface area contributed by atoms with Crippen LogP contribution < -0.4 is 0 Å². The van der Waals surface area contributed by atoms with E-state index in [1.165, 1.54) is 45.2 Å². The minimum atomic E-state index is 0.743. The third-order valence-electron chi connectivity index (χ3n) is 3.85. The van der Waals surface area contributed by atoms with Crippen molar-refractivity contribution in [1.29, 1.82) is 5.41 Å². The second-order valence-electron chi connectivity index (χ2n) is 4.90. The molecule has 0 spiro atoms. The lowest BCUT2D eigenvalue weighted by atomic mass is 10.00. The number of nitrogens with zero attached hydrogens (tertiary/aromatic N) is 2. The van der Waals surface area contributed by atoms with Gasteiger partial charge < -0.3 is 9.80 Å². The topological polar surface area (TPSA) is 30.3 Å². The van der Waals surface area contributed by atoms with Crippen molar-refractivity contribution in [2.45, 2.75) is 45.1 Å². The fourth-order valence-corrected chi connectivity index (χ4v) is 2.85. The van der Waals surface area contributed by atoms with E-state index in [1.807, 2.05) is 6.92 Å². The van der Waals surface area contributed by atoms with Crippen LogP contribution in [0.5, 0.6) is 0 Å². The van der Waals surface area contributed by atoms with Gasteiger partial charge >= 0.3 is 0 Å². The Labute approximate surface area is 92.9 Å². The Kier molecular flexibility index (Phi) is 3.62. The molecule has 86 valence electrons. The molecule has 0 saturated carbocycles. The fourth-order valence-electron chi connectivity index (χ4n) is 2.85. The summed E-state index contributed by atoms with van der Waals surface area (Å²) in [5, 5.41) is 7.61. The van der Waals surface area contributed by atoms with E-state index in [1.54, 1.807) is 0 Å². The minimum Gasteiger partial charge on any atom is -0.361 e. The SMILES string of the molecule is CC(=N)N1CCC(N2CCCCC2)CC1. The highest BCUT2D eigenvalue weighted by Gasteiger charge is 2.25. The van der Waals surface area contributed by atoms with Crippen LogP contribution in [0.4, 0.5) is 0 Å². The van der Waals surface area contributed by atoms with Gasteiger partial charge in [0.25, 0.3) is 0 Å². The average Bonchev–Trinajstić information content (AvgIpc) is 2.30. The number of hydrogen-bond acceptors (Lipinski definition) is 2. The molecule has 15 heavy (non-hydrogen) atoms. The van der Waals surface area contributed by atoms with Gasteiger partial charge in [-0.25, -0.2) is 0 Å². The first-order chi connectivity index (χ1) is 7.27. The monoisotopic (exact) mass is 209 g/mol. The normalized spacial score (nSPS) is 25.5. The summed E-state index contributed by atoms with van der Waals surface area (Å²) in [6.07, 6.45) is 6.73. The lowest BCUT2D eigenvalue weighted by Gasteiger charge is -2.40. The van der Waals surface area contributed by atoms with Crippen molar-refractivity contribution in [1.82, 2.24) is 9.80 Å². The van der Waals surface area contributed by atoms with Crippen molar-refractivity contribution in [3.63, 3.8) is 0 Å². The standard InChI is InChI=1S/C12H23N3/c1-11(13)14-9-5-12(6-10-14)15-7-3-2-4-8-15/h12-13H,2-10H2,1H3. The van der Waals surface area contributed by atoms with Gasteiger partial charge in [0.1, 0.15) is 0 Å². The van der Waals surface area contributed by atoms with Gasteiger partial charge in [-0.15, -0.1) is 0 Å². The number of amidine groups is 1. The Morgan fingerprint density at radius 1 is 1.00 bits per heavy atom. The second kappa shape index (κ2) is 4.97. The maximum absolute atomic E-state index is 7.61. The predicted molar refractivity (Wildman–Crippen MR) is 63.4 cm³/mol. The van der Waals surface area contributed by atoms with Crippen LogP contribution in [0.2, 0.25) is 0 Å². The molecular weight excluding hydrogens is 186 g/mol. The van der Waals surface area contributed by atoms with Crippen LogP contribution in [0.25, 0.3) is 0 Å². The molecule has 3 heteroatoms. The minimum absolute atomic E-state index is 0.743. The zero-order chi connectivity index (χ0) is 10.7. The van der Waals surface area contributed by atoms with E-state index >= 15 is 0 Å². The van der Waals surface area contributed by atoms with Crippen LogP contribution in [0.15, 0.2) is 0 Å². The molecule has 3 nitrogen and oxygen atoms in total. The quantitative estimate of drug-likeness (QED) is 0.528. The van der Waals surface area contributed by atoms with Gasteiger partial charge in [-0.2, -0.15) is 0 Å². The molecule has 2 heterocycles. The van der Waals surface area contributed by atoms with E-state index in [0.29, 0.717) is 0 Å². The largest absolute Gasteiger partial charge is 0.361 e. The highest BCUT2D eigenvalue weighted by atomic mass is 15.2. The van der Waals surface area contributed by atoms with E-state index in [-0.39, 0.29) is 0 Å². The smallest absolute Gasteiger partial charge is 0.0925 e. The number of piperidine rings is 2. The molecule has 0 atom stereocenters. The van der Waals surface area contributed by atoms with Gasteiger partial charge in [-0.05, 0) is 45.7 Å². The second-order valence-corrected chi connectivity index (χ2v) is 4.90.